The molecule has 5 heterocycles. The van der Waals surface area contributed by atoms with Gasteiger partial charge in [-0.15, -0.1) is 8.78 Å². The van der Waals surface area contributed by atoms with Crippen molar-refractivity contribution in [3.05, 3.63) is 60.3 Å². The lowest BCUT2D eigenvalue weighted by Gasteiger charge is -2.32. The van der Waals surface area contributed by atoms with Crippen molar-refractivity contribution >= 4 is 23.1 Å². The topological polar surface area (TPSA) is 65.3 Å². The van der Waals surface area contributed by atoms with Gasteiger partial charge in [0.25, 0.3) is 0 Å². The summed E-state index contributed by atoms with van der Waals surface area (Å²) in [6.45, 7) is 3.45. The minimum absolute atomic E-state index is 0.0312. The van der Waals surface area contributed by atoms with Gasteiger partial charge >= 0.3 is 6.29 Å². The van der Waals surface area contributed by atoms with Gasteiger partial charge < -0.3 is 14.0 Å². The molecule has 0 bridgehead atoms. The second-order valence-electron chi connectivity index (χ2n) is 8.49. The van der Waals surface area contributed by atoms with E-state index in [1.165, 1.54) is 24.2 Å². The Balaban J connectivity index is 1.24. The highest BCUT2D eigenvalue weighted by Crippen LogP contribution is 2.44. The predicted molar refractivity (Wildman–Crippen MR) is 124 cm³/mol. The molecule has 6 rings (SSSR count). The lowest BCUT2D eigenvalue weighted by Crippen LogP contribution is -2.30. The van der Waals surface area contributed by atoms with Gasteiger partial charge in [-0.25, -0.2) is 18.7 Å². The van der Waals surface area contributed by atoms with E-state index in [2.05, 4.69) is 23.7 Å². The molecule has 2 aliphatic heterocycles. The third-order valence-electron chi connectivity index (χ3n) is 6.19. The molecule has 180 valence electrons. The summed E-state index contributed by atoms with van der Waals surface area (Å²) >= 11 is 1.48. The van der Waals surface area contributed by atoms with Gasteiger partial charge in [-0.3, -0.25) is 4.98 Å². The first-order valence-electron chi connectivity index (χ1n) is 11.1. The molecule has 0 N–H and O–H groups in total. The molecule has 0 aliphatic carbocycles. The number of hydrogen-bond acceptors (Lipinski definition) is 7. The number of aromatic nitrogens is 4. The van der Waals surface area contributed by atoms with Crippen molar-refractivity contribution in [3.8, 4) is 22.9 Å². The number of ether oxygens (including phenoxy) is 2. The Morgan fingerprint density at radius 3 is 2.66 bits per heavy atom. The van der Waals surface area contributed by atoms with Crippen LogP contribution in [0, 0.1) is 12.7 Å². The predicted octanol–water partition coefficient (Wildman–Crippen LogP) is 5.61. The van der Waals surface area contributed by atoms with Crippen molar-refractivity contribution in [1.82, 2.24) is 23.8 Å². The number of alkyl halides is 2. The summed E-state index contributed by atoms with van der Waals surface area (Å²) < 4.78 is 54.6. The molecule has 3 aromatic heterocycles. The summed E-state index contributed by atoms with van der Waals surface area (Å²) in [5, 5.41) is 0. The largest absolute Gasteiger partial charge is 0.586 e. The van der Waals surface area contributed by atoms with Crippen LogP contribution in [0.5, 0.6) is 11.5 Å². The number of halogens is 3. The van der Waals surface area contributed by atoms with Gasteiger partial charge in [-0.2, -0.15) is 0 Å². The van der Waals surface area contributed by atoms with Crippen molar-refractivity contribution in [2.45, 2.75) is 37.0 Å². The van der Waals surface area contributed by atoms with Crippen molar-refractivity contribution < 1.29 is 22.6 Å². The van der Waals surface area contributed by atoms with Gasteiger partial charge in [0.2, 0.25) is 0 Å². The SMILES string of the molecule is Cc1ccnc2c1nc(-c1ccncc1F)n2C1CCN(Sc2ccc3c(c2)OC(F)(F)O3)CC1. The number of hydrogen-bond donors (Lipinski definition) is 0. The first kappa shape index (κ1) is 22.2. The maximum absolute atomic E-state index is 14.7. The molecule has 7 nitrogen and oxygen atoms in total. The van der Waals surface area contributed by atoms with Crippen LogP contribution in [0.2, 0.25) is 0 Å². The normalized spacial score (nSPS) is 17.8. The Hall–Kier alpha value is -3.31. The summed E-state index contributed by atoms with van der Waals surface area (Å²) in [5.41, 5.74) is 2.86. The van der Waals surface area contributed by atoms with Gasteiger partial charge in [0.15, 0.2) is 23.0 Å². The maximum Gasteiger partial charge on any atom is 0.586 e. The van der Waals surface area contributed by atoms with Crippen LogP contribution >= 0.6 is 11.9 Å². The standard InChI is InChI=1S/C24H20F3N5O2S/c1-14-4-9-29-23-21(14)30-22(17-5-8-28-13-18(17)25)32(23)15-6-10-31(11-7-15)35-16-2-3-19-20(12-16)34-24(26,27)33-19/h2-5,8-9,12-13,15H,6-7,10-11H2,1H3. The Kier molecular flexibility index (Phi) is 5.33. The fraction of sp³-hybridized carbons (Fsp3) is 0.292. The summed E-state index contributed by atoms with van der Waals surface area (Å²) in [6.07, 6.45) is 2.45. The molecule has 0 atom stereocenters. The van der Waals surface area contributed by atoms with E-state index in [1.54, 1.807) is 30.6 Å². The van der Waals surface area contributed by atoms with Crippen LogP contribution < -0.4 is 9.47 Å². The van der Waals surface area contributed by atoms with Crippen LogP contribution in [-0.4, -0.2) is 43.2 Å². The van der Waals surface area contributed by atoms with E-state index in [4.69, 9.17) is 4.98 Å². The van der Waals surface area contributed by atoms with Gasteiger partial charge in [-0.05, 0) is 67.6 Å². The lowest BCUT2D eigenvalue weighted by atomic mass is 10.1. The van der Waals surface area contributed by atoms with Gasteiger partial charge in [0, 0.05) is 36.4 Å². The highest BCUT2D eigenvalue weighted by Gasteiger charge is 2.43. The average Bonchev–Trinajstić information content (AvgIpc) is 3.36. The Morgan fingerprint density at radius 2 is 1.86 bits per heavy atom. The third-order valence-corrected chi connectivity index (χ3v) is 7.28. The van der Waals surface area contributed by atoms with E-state index in [1.807, 2.05) is 17.6 Å². The van der Waals surface area contributed by atoms with Crippen molar-refractivity contribution in [2.75, 3.05) is 13.1 Å². The van der Waals surface area contributed by atoms with E-state index in [9.17, 15) is 13.2 Å². The molecule has 0 amide bonds. The molecule has 1 saturated heterocycles. The average molecular weight is 500 g/mol. The Labute approximate surface area is 203 Å². The Bertz CT molecular complexity index is 1420. The fourth-order valence-corrected chi connectivity index (χ4v) is 5.51. The van der Waals surface area contributed by atoms with Gasteiger partial charge in [0.1, 0.15) is 11.3 Å². The third kappa shape index (κ3) is 4.08. The zero-order valence-electron chi connectivity index (χ0n) is 18.6. The summed E-state index contributed by atoms with van der Waals surface area (Å²) in [5.74, 6) is 0.182. The van der Waals surface area contributed by atoms with Crippen LogP contribution in [0.1, 0.15) is 24.4 Å². The van der Waals surface area contributed by atoms with E-state index < -0.39 is 12.1 Å². The van der Waals surface area contributed by atoms with Crippen LogP contribution in [0.3, 0.4) is 0 Å². The first-order valence-corrected chi connectivity index (χ1v) is 11.9. The molecule has 2 aliphatic rings. The smallest absolute Gasteiger partial charge is 0.395 e. The highest BCUT2D eigenvalue weighted by atomic mass is 32.2. The van der Waals surface area contributed by atoms with Crippen LogP contribution in [-0.2, 0) is 0 Å². The zero-order valence-corrected chi connectivity index (χ0v) is 19.4. The van der Waals surface area contributed by atoms with Crippen LogP contribution in [0.25, 0.3) is 22.6 Å². The van der Waals surface area contributed by atoms with Gasteiger partial charge in [-0.1, -0.05) is 0 Å². The monoisotopic (exact) mass is 499 g/mol. The molecular formula is C24H20F3N5O2S. The quantitative estimate of drug-likeness (QED) is 0.338. The maximum atomic E-state index is 14.7. The second kappa shape index (κ2) is 8.42. The first-order chi connectivity index (χ1) is 16.9. The molecule has 11 heteroatoms. The molecular weight excluding hydrogens is 479 g/mol. The molecule has 0 spiro atoms. The summed E-state index contributed by atoms with van der Waals surface area (Å²) in [7, 11) is 0. The fourth-order valence-electron chi connectivity index (χ4n) is 4.53. The van der Waals surface area contributed by atoms with E-state index in [0.29, 0.717) is 11.4 Å². The number of imidazole rings is 1. The van der Waals surface area contributed by atoms with E-state index in [0.717, 1.165) is 47.6 Å². The minimum Gasteiger partial charge on any atom is -0.395 e. The van der Waals surface area contributed by atoms with Crippen LogP contribution in [0.4, 0.5) is 13.2 Å². The summed E-state index contributed by atoms with van der Waals surface area (Å²) in [4.78, 5) is 14.0. The molecule has 4 aromatic rings. The molecule has 35 heavy (non-hydrogen) atoms. The van der Waals surface area contributed by atoms with E-state index >= 15 is 0 Å². The van der Waals surface area contributed by atoms with Crippen molar-refractivity contribution in [2.24, 2.45) is 0 Å². The minimum atomic E-state index is -3.63. The number of nitrogens with zero attached hydrogens (tertiary/aromatic N) is 5. The highest BCUT2D eigenvalue weighted by molar-refractivity contribution is 7.97. The number of aryl methyl sites for hydroxylation is 1. The molecule has 1 aromatic carbocycles. The summed E-state index contributed by atoms with van der Waals surface area (Å²) in [6, 6.07) is 8.40. The molecule has 0 unspecified atom stereocenters. The molecule has 1 fully saturated rings. The zero-order chi connectivity index (χ0) is 24.2. The number of benzene rings is 1. The molecule has 0 saturated carbocycles. The second-order valence-corrected chi connectivity index (χ2v) is 9.66. The number of fused-ring (bicyclic) bond motifs is 2. The molecule has 0 radical (unpaired) electrons. The number of piperidine rings is 1. The Morgan fingerprint density at radius 1 is 1.06 bits per heavy atom. The van der Waals surface area contributed by atoms with Crippen molar-refractivity contribution in [3.63, 3.8) is 0 Å². The van der Waals surface area contributed by atoms with Gasteiger partial charge in [0.05, 0.1) is 11.8 Å². The number of rotatable bonds is 4. The van der Waals surface area contributed by atoms with Crippen molar-refractivity contribution in [1.29, 1.82) is 0 Å². The van der Waals surface area contributed by atoms with Crippen LogP contribution in [0.15, 0.2) is 53.8 Å². The lowest BCUT2D eigenvalue weighted by molar-refractivity contribution is -0.286. The number of pyridine rings is 2. The van der Waals surface area contributed by atoms with E-state index in [-0.39, 0.29) is 17.5 Å².